The van der Waals surface area contributed by atoms with Gasteiger partial charge in [0, 0.05) is 28.4 Å². The Labute approximate surface area is 198 Å². The third-order valence-corrected chi connectivity index (χ3v) is 6.67. The van der Waals surface area contributed by atoms with Crippen molar-refractivity contribution in [3.05, 3.63) is 65.1 Å². The largest absolute Gasteiger partial charge is 0.480 e. The summed E-state index contributed by atoms with van der Waals surface area (Å²) in [5, 5.41) is 14.0. The van der Waals surface area contributed by atoms with Crippen LogP contribution in [0.3, 0.4) is 0 Å². The molecule has 1 aliphatic rings. The van der Waals surface area contributed by atoms with Gasteiger partial charge in [-0.1, -0.05) is 41.9 Å². The van der Waals surface area contributed by atoms with Crippen LogP contribution in [0.15, 0.2) is 48.5 Å². The molecule has 1 saturated carbocycles. The number of halogens is 2. The summed E-state index contributed by atoms with van der Waals surface area (Å²) in [5.41, 5.74) is 4.03. The van der Waals surface area contributed by atoms with Gasteiger partial charge >= 0.3 is 5.97 Å². The minimum atomic E-state index is -0.931. The summed E-state index contributed by atoms with van der Waals surface area (Å²) in [6, 6.07) is 14.7. The van der Waals surface area contributed by atoms with E-state index in [1.165, 1.54) is 6.07 Å². The van der Waals surface area contributed by atoms with E-state index in [0.29, 0.717) is 34.7 Å². The van der Waals surface area contributed by atoms with Gasteiger partial charge < -0.3 is 9.84 Å². The van der Waals surface area contributed by atoms with Crippen molar-refractivity contribution in [3.63, 3.8) is 0 Å². The Bertz CT molecular complexity index is 1110. The van der Waals surface area contributed by atoms with Crippen molar-refractivity contribution in [1.82, 2.24) is 9.78 Å². The highest BCUT2D eigenvalue weighted by Gasteiger charge is 2.25. The molecule has 0 atom stereocenters. The molecule has 3 aromatic rings. The Hall–Kier alpha value is -2.70. The van der Waals surface area contributed by atoms with Crippen LogP contribution >= 0.6 is 11.6 Å². The second-order valence-electron chi connectivity index (χ2n) is 8.78. The fraction of sp³-hybridized carbons (Fsp3) is 0.385. The van der Waals surface area contributed by atoms with E-state index in [1.807, 2.05) is 41.9 Å². The van der Waals surface area contributed by atoms with Crippen LogP contribution in [0.4, 0.5) is 4.39 Å². The van der Waals surface area contributed by atoms with E-state index in [2.05, 4.69) is 0 Å². The second kappa shape index (κ2) is 10.5. The zero-order valence-electron chi connectivity index (χ0n) is 18.6. The van der Waals surface area contributed by atoms with Gasteiger partial charge in [-0.05, 0) is 68.2 Å². The maximum Gasteiger partial charge on any atom is 0.329 e. The highest BCUT2D eigenvalue weighted by atomic mass is 35.5. The van der Waals surface area contributed by atoms with Gasteiger partial charge in [0.2, 0.25) is 0 Å². The molecule has 1 N–H and O–H groups in total. The number of ether oxygens (including phenoxy) is 1. The third-order valence-electron chi connectivity index (χ3n) is 6.43. The molecule has 0 bridgehead atoms. The SMILES string of the molecule is Cc1c(-c2ccccc2)c(-c2ccc(Cl)cc2F)nn1C[C@H]1CC[C@H](COCC(=O)O)CC1. The average molecular weight is 471 g/mol. The van der Waals surface area contributed by atoms with Crippen LogP contribution in [0, 0.1) is 24.6 Å². The van der Waals surface area contributed by atoms with E-state index in [1.54, 1.807) is 12.1 Å². The molecule has 0 unspecified atom stereocenters. The van der Waals surface area contributed by atoms with Crippen LogP contribution in [-0.4, -0.2) is 34.1 Å². The lowest BCUT2D eigenvalue weighted by atomic mass is 9.82. The van der Waals surface area contributed by atoms with Gasteiger partial charge in [-0.25, -0.2) is 9.18 Å². The highest BCUT2D eigenvalue weighted by molar-refractivity contribution is 6.30. The van der Waals surface area contributed by atoms with Crippen molar-refractivity contribution in [3.8, 4) is 22.4 Å². The van der Waals surface area contributed by atoms with Crippen LogP contribution in [0.5, 0.6) is 0 Å². The lowest BCUT2D eigenvalue weighted by molar-refractivity contribution is -0.142. The van der Waals surface area contributed by atoms with E-state index >= 15 is 0 Å². The molecule has 0 amide bonds. The zero-order valence-corrected chi connectivity index (χ0v) is 19.4. The van der Waals surface area contributed by atoms with Crippen LogP contribution in [0.1, 0.15) is 31.4 Å². The molecule has 174 valence electrons. The number of hydrogen-bond donors (Lipinski definition) is 1. The van der Waals surface area contributed by atoms with Crippen molar-refractivity contribution in [2.24, 2.45) is 11.8 Å². The molecule has 0 spiro atoms. The van der Waals surface area contributed by atoms with Crippen LogP contribution in [-0.2, 0) is 16.1 Å². The average Bonchev–Trinajstić information content (AvgIpc) is 3.11. The number of rotatable bonds is 8. The predicted molar refractivity (Wildman–Crippen MR) is 127 cm³/mol. The van der Waals surface area contributed by atoms with Crippen molar-refractivity contribution < 1.29 is 19.0 Å². The van der Waals surface area contributed by atoms with Crippen molar-refractivity contribution in [2.75, 3.05) is 13.2 Å². The van der Waals surface area contributed by atoms with Crippen LogP contribution in [0.2, 0.25) is 5.02 Å². The highest BCUT2D eigenvalue weighted by Crippen LogP contribution is 2.37. The van der Waals surface area contributed by atoms with E-state index in [9.17, 15) is 9.18 Å². The fourth-order valence-electron chi connectivity index (χ4n) is 4.68. The van der Waals surface area contributed by atoms with Gasteiger partial charge in [0.15, 0.2) is 0 Å². The quantitative estimate of drug-likeness (QED) is 0.424. The summed E-state index contributed by atoms with van der Waals surface area (Å²) in [7, 11) is 0. The number of aromatic nitrogens is 2. The molecule has 1 fully saturated rings. The molecule has 0 radical (unpaired) electrons. The Morgan fingerprint density at radius 3 is 2.52 bits per heavy atom. The first-order valence-electron chi connectivity index (χ1n) is 11.3. The summed E-state index contributed by atoms with van der Waals surface area (Å²) in [6.45, 7) is 3.07. The first-order chi connectivity index (χ1) is 15.9. The maximum atomic E-state index is 14.8. The van der Waals surface area contributed by atoms with E-state index in [4.69, 9.17) is 26.5 Å². The molecule has 5 nitrogen and oxygen atoms in total. The molecule has 4 rings (SSSR count). The lowest BCUT2D eigenvalue weighted by Gasteiger charge is -2.28. The first-order valence-corrected chi connectivity index (χ1v) is 11.7. The Morgan fingerprint density at radius 2 is 1.85 bits per heavy atom. The number of nitrogens with zero attached hydrogens (tertiary/aromatic N) is 2. The van der Waals surface area contributed by atoms with Gasteiger partial charge in [-0.2, -0.15) is 5.10 Å². The molecule has 0 aliphatic heterocycles. The van der Waals surface area contributed by atoms with Gasteiger partial charge in [0.25, 0.3) is 0 Å². The number of benzene rings is 2. The molecule has 33 heavy (non-hydrogen) atoms. The van der Waals surface area contributed by atoms with Crippen molar-refractivity contribution in [1.29, 1.82) is 0 Å². The summed E-state index contributed by atoms with van der Waals surface area (Å²) >= 11 is 5.98. The molecule has 7 heteroatoms. The maximum absolute atomic E-state index is 14.8. The Kier molecular flexibility index (Phi) is 7.46. The first kappa shape index (κ1) is 23.5. The molecule has 1 aliphatic carbocycles. The number of hydrogen-bond acceptors (Lipinski definition) is 3. The van der Waals surface area contributed by atoms with E-state index in [-0.39, 0.29) is 12.4 Å². The second-order valence-corrected chi connectivity index (χ2v) is 9.21. The zero-order chi connectivity index (χ0) is 23.4. The Balaban J connectivity index is 1.55. The monoisotopic (exact) mass is 470 g/mol. The number of carbonyl (C=O) groups is 1. The van der Waals surface area contributed by atoms with Gasteiger partial charge in [0.1, 0.15) is 18.1 Å². The van der Waals surface area contributed by atoms with Crippen molar-refractivity contribution in [2.45, 2.75) is 39.2 Å². The lowest BCUT2D eigenvalue weighted by Crippen LogP contribution is -2.23. The normalized spacial score (nSPS) is 18.4. The number of aliphatic carboxylic acids is 1. The minimum Gasteiger partial charge on any atom is -0.480 e. The molecular formula is C26H28ClFN2O3. The third kappa shape index (κ3) is 5.63. The predicted octanol–water partition coefficient (Wildman–Crippen LogP) is 6.23. The smallest absolute Gasteiger partial charge is 0.329 e. The van der Waals surface area contributed by atoms with E-state index < -0.39 is 5.97 Å². The Morgan fingerprint density at radius 1 is 1.15 bits per heavy atom. The number of carboxylic acids is 1. The van der Waals surface area contributed by atoms with E-state index in [0.717, 1.165) is 49.0 Å². The fourth-order valence-corrected chi connectivity index (χ4v) is 4.84. The van der Waals surface area contributed by atoms with Gasteiger partial charge in [-0.3, -0.25) is 4.68 Å². The summed E-state index contributed by atoms with van der Waals surface area (Å²) in [5.74, 6) is -0.449. The summed E-state index contributed by atoms with van der Waals surface area (Å²) < 4.78 is 22.1. The van der Waals surface area contributed by atoms with Crippen LogP contribution < -0.4 is 0 Å². The summed E-state index contributed by atoms with van der Waals surface area (Å²) in [6.07, 6.45) is 4.08. The standard InChI is InChI=1S/C26H28ClFN2O3/c1-17-25(20-5-3-2-4-6-20)26(22-12-11-21(27)13-23(22)28)29-30(17)14-18-7-9-19(10-8-18)15-33-16-24(31)32/h2-6,11-13,18-19H,7-10,14-16H2,1H3,(H,31,32)/t18-,19-. The summed E-state index contributed by atoms with van der Waals surface area (Å²) in [4.78, 5) is 10.6. The molecule has 1 heterocycles. The number of carboxylic acid groups (broad SMARTS) is 1. The topological polar surface area (TPSA) is 64.4 Å². The van der Waals surface area contributed by atoms with Gasteiger partial charge in [0.05, 0.1) is 6.61 Å². The molecule has 2 aromatic carbocycles. The molecular weight excluding hydrogens is 443 g/mol. The molecule has 0 saturated heterocycles. The van der Waals surface area contributed by atoms with Crippen molar-refractivity contribution >= 4 is 17.6 Å². The minimum absolute atomic E-state index is 0.237. The molecule has 1 aromatic heterocycles. The van der Waals surface area contributed by atoms with Gasteiger partial charge in [-0.15, -0.1) is 0 Å². The van der Waals surface area contributed by atoms with Crippen LogP contribution in [0.25, 0.3) is 22.4 Å².